The zero-order valence-electron chi connectivity index (χ0n) is 44.3. The van der Waals surface area contributed by atoms with Crippen LogP contribution in [0.1, 0.15) is 139 Å². The van der Waals surface area contributed by atoms with Crippen molar-refractivity contribution in [2.45, 2.75) is 143 Å². The van der Waals surface area contributed by atoms with Crippen molar-refractivity contribution < 1.29 is 38.4 Å². The largest absolute Gasteiger partial charge is 0.348 e. The number of amides is 6. The van der Waals surface area contributed by atoms with Crippen molar-refractivity contribution in [3.05, 3.63) is 89.2 Å². The first-order valence-electron chi connectivity index (χ1n) is 24.7. The lowest BCUT2D eigenvalue weighted by molar-refractivity contribution is -0.144. The van der Waals surface area contributed by atoms with E-state index in [1.807, 2.05) is 116 Å². The number of halogens is 2. The van der Waals surface area contributed by atoms with Crippen molar-refractivity contribution in [3.63, 3.8) is 0 Å². The van der Waals surface area contributed by atoms with Gasteiger partial charge in [0.1, 0.15) is 35.6 Å². The summed E-state index contributed by atoms with van der Waals surface area (Å²) < 4.78 is 0. The number of likely N-dealkylation sites (N-methyl/N-ethyl adjacent to an activating group) is 2. The predicted molar refractivity (Wildman–Crippen MR) is 284 cm³/mol. The summed E-state index contributed by atoms with van der Waals surface area (Å²) in [5.74, 6) is -4.10. The van der Waals surface area contributed by atoms with Crippen LogP contribution in [0.25, 0.3) is 0 Å². The molecule has 0 unspecified atom stereocenters. The standard InChI is InChI=1S/C53H76N10O8.2ClH/c1-30(36-19-15-13-16-20-36)56-48(68)40-23-34(28-62(40)50(70)44(52(5,6)7)58-46(66)32(3)54-11)25-42(64)38-27-39(61-60-38)43(65)26-35-24-41(49(69)57-31(2)37-21-17-14-18-22-37)63(29-35)51(71)45(53(8,9)10)59-47(67)33(4)55-12;;/h13-22,27,30-35,40-41,44-45,54-55H,23-26,28-29H2,1-12H3,(H,56,68)(H,57,69)(H,58,66)(H,59,67)(H,60,61);2*1H/t30-,31-,32+,33+,34-,35-,40+,41+,44-,45-;;/m1../s1. The Bertz CT molecular complexity index is 2230. The minimum Gasteiger partial charge on any atom is -0.348 e. The molecule has 2 aliphatic rings. The molecule has 0 aliphatic carbocycles. The summed E-state index contributed by atoms with van der Waals surface area (Å²) >= 11 is 0. The first-order valence-corrected chi connectivity index (χ1v) is 24.7. The molecular weight excluding hydrogens is 976 g/mol. The molecule has 20 heteroatoms. The van der Waals surface area contributed by atoms with E-state index in [4.69, 9.17) is 0 Å². The number of Topliss-reactive ketones (excluding diaryl/α,β-unsaturated/α-hetero) is 2. The number of aromatic amines is 1. The fraction of sp³-hybridized carbons (Fsp3) is 0.566. The second-order valence-electron chi connectivity index (χ2n) is 21.6. The summed E-state index contributed by atoms with van der Waals surface area (Å²) in [6.45, 7) is 18.2. The maximum Gasteiger partial charge on any atom is 0.246 e. The number of nitrogens with one attached hydrogen (secondary N) is 7. The Morgan fingerprint density at radius 3 is 1.32 bits per heavy atom. The Hall–Kier alpha value is -5.69. The minimum absolute atomic E-state index is 0. The third-order valence-corrected chi connectivity index (χ3v) is 13.8. The Morgan fingerprint density at radius 1 is 0.589 bits per heavy atom. The molecule has 402 valence electrons. The van der Waals surface area contributed by atoms with Crippen LogP contribution in [0, 0.1) is 22.7 Å². The molecule has 0 bridgehead atoms. The number of H-pyrrole nitrogens is 1. The van der Waals surface area contributed by atoms with Crippen LogP contribution in [-0.2, 0) is 28.8 Å². The van der Waals surface area contributed by atoms with Crippen LogP contribution in [0.3, 0.4) is 0 Å². The summed E-state index contributed by atoms with van der Waals surface area (Å²) in [7, 11) is 3.29. The van der Waals surface area contributed by atoms with E-state index in [1.165, 1.54) is 15.9 Å². The van der Waals surface area contributed by atoms with Gasteiger partial charge in [-0.3, -0.25) is 43.5 Å². The highest BCUT2D eigenvalue weighted by Gasteiger charge is 2.48. The van der Waals surface area contributed by atoms with Crippen molar-refractivity contribution in [2.24, 2.45) is 22.7 Å². The molecule has 5 rings (SSSR count). The molecule has 2 saturated heterocycles. The van der Waals surface area contributed by atoms with E-state index in [-0.39, 0.29) is 116 Å². The van der Waals surface area contributed by atoms with Crippen molar-refractivity contribution in [2.75, 3.05) is 27.2 Å². The van der Waals surface area contributed by atoms with Crippen LogP contribution in [0.4, 0.5) is 0 Å². The molecule has 6 amide bonds. The summed E-state index contributed by atoms with van der Waals surface area (Å²) in [6, 6.07) is 14.5. The van der Waals surface area contributed by atoms with Gasteiger partial charge >= 0.3 is 0 Å². The van der Waals surface area contributed by atoms with Gasteiger partial charge < -0.3 is 41.7 Å². The smallest absolute Gasteiger partial charge is 0.246 e. The van der Waals surface area contributed by atoms with Crippen LogP contribution in [0.15, 0.2) is 66.7 Å². The molecule has 73 heavy (non-hydrogen) atoms. The van der Waals surface area contributed by atoms with Crippen molar-refractivity contribution >= 4 is 71.8 Å². The van der Waals surface area contributed by atoms with E-state index in [0.717, 1.165) is 11.1 Å². The van der Waals surface area contributed by atoms with Crippen LogP contribution in [0.2, 0.25) is 0 Å². The number of carbonyl (C=O) groups is 8. The van der Waals surface area contributed by atoms with Gasteiger partial charge in [0.2, 0.25) is 35.4 Å². The summed E-state index contributed by atoms with van der Waals surface area (Å²) in [5.41, 5.74) is 0.369. The van der Waals surface area contributed by atoms with Gasteiger partial charge in [0, 0.05) is 25.9 Å². The van der Waals surface area contributed by atoms with Crippen molar-refractivity contribution in [1.29, 1.82) is 0 Å². The number of aromatic nitrogens is 2. The summed E-state index contributed by atoms with van der Waals surface area (Å²) in [6.07, 6.45) is 0.187. The molecule has 0 spiro atoms. The number of hydrogen-bond donors (Lipinski definition) is 7. The quantitative estimate of drug-likeness (QED) is 0.0754. The number of benzene rings is 2. The molecule has 3 aromatic rings. The summed E-state index contributed by atoms with van der Waals surface area (Å²) in [4.78, 5) is 114. The molecule has 3 heterocycles. The van der Waals surface area contributed by atoms with E-state index in [1.54, 1.807) is 27.9 Å². The van der Waals surface area contributed by atoms with E-state index in [0.29, 0.717) is 0 Å². The number of hydrogen-bond acceptors (Lipinski definition) is 11. The SMILES string of the molecule is CN[C@@H](C)C(=O)N[C@H](C(=O)N1C[C@@H](CC(=O)c2cc(C(=O)C[C@H]3C[C@@H](C(=O)N[C@H](C)c4ccccc4)N(C(=O)[C@@H](NC(=O)[C@H](C)NC)C(C)(C)C)C3)[nH]n2)C[C@H]1C(=O)N[C@H](C)c1ccccc1)C(C)(C)C.Cl.Cl. The molecule has 2 aromatic carbocycles. The lowest BCUT2D eigenvalue weighted by Crippen LogP contribution is -2.59. The first kappa shape index (κ1) is 61.6. The monoisotopic (exact) mass is 1050 g/mol. The van der Waals surface area contributed by atoms with Gasteiger partial charge in [-0.1, -0.05) is 102 Å². The topological polar surface area (TPSA) is 244 Å². The van der Waals surface area contributed by atoms with E-state index >= 15 is 0 Å². The van der Waals surface area contributed by atoms with Gasteiger partial charge in [-0.25, -0.2) is 0 Å². The number of rotatable bonds is 20. The fourth-order valence-electron chi connectivity index (χ4n) is 9.17. The maximum absolute atomic E-state index is 14.5. The third-order valence-electron chi connectivity index (χ3n) is 13.8. The molecule has 10 atom stereocenters. The van der Waals surface area contributed by atoms with Gasteiger partial charge in [0.15, 0.2) is 11.6 Å². The lowest BCUT2D eigenvalue weighted by atomic mass is 9.85. The maximum atomic E-state index is 14.5. The zero-order valence-corrected chi connectivity index (χ0v) is 45.9. The minimum atomic E-state index is -0.984. The Kier molecular flexibility index (Phi) is 22.4. The molecule has 7 N–H and O–H groups in total. The van der Waals surface area contributed by atoms with Crippen LogP contribution in [-0.4, -0.2) is 130 Å². The van der Waals surface area contributed by atoms with Crippen LogP contribution < -0.4 is 31.9 Å². The highest BCUT2D eigenvalue weighted by Crippen LogP contribution is 2.34. The highest BCUT2D eigenvalue weighted by molar-refractivity contribution is 6.00. The highest BCUT2D eigenvalue weighted by atomic mass is 35.5. The van der Waals surface area contributed by atoms with E-state index < -0.39 is 76.5 Å². The Morgan fingerprint density at radius 2 is 0.959 bits per heavy atom. The van der Waals surface area contributed by atoms with Crippen molar-refractivity contribution in [1.82, 2.24) is 51.9 Å². The number of likely N-dealkylation sites (tertiary alicyclic amines) is 2. The van der Waals surface area contributed by atoms with Gasteiger partial charge in [0.05, 0.1) is 24.2 Å². The van der Waals surface area contributed by atoms with Crippen LogP contribution >= 0.6 is 24.8 Å². The van der Waals surface area contributed by atoms with Crippen molar-refractivity contribution in [3.8, 4) is 0 Å². The average molecular weight is 1050 g/mol. The molecule has 2 fully saturated rings. The number of carbonyl (C=O) groups excluding carboxylic acids is 8. The number of nitrogens with zero attached hydrogens (tertiary/aromatic N) is 3. The van der Waals surface area contributed by atoms with Gasteiger partial charge in [-0.05, 0) is 94.5 Å². The molecule has 2 aliphatic heterocycles. The van der Waals surface area contributed by atoms with Gasteiger partial charge in [-0.15, -0.1) is 24.8 Å². The summed E-state index contributed by atoms with van der Waals surface area (Å²) in [5, 5.41) is 24.6. The fourth-order valence-corrected chi connectivity index (χ4v) is 9.17. The molecule has 0 saturated carbocycles. The molecule has 1 aromatic heterocycles. The second-order valence-corrected chi connectivity index (χ2v) is 21.6. The van der Waals surface area contributed by atoms with E-state index in [9.17, 15) is 38.4 Å². The zero-order chi connectivity index (χ0) is 52.5. The van der Waals surface area contributed by atoms with Gasteiger partial charge in [-0.2, -0.15) is 5.10 Å². The van der Waals surface area contributed by atoms with Gasteiger partial charge in [0.25, 0.3) is 0 Å². The third kappa shape index (κ3) is 15.9. The Labute approximate surface area is 442 Å². The second kappa shape index (κ2) is 26.5. The molecule has 18 nitrogen and oxygen atoms in total. The van der Waals surface area contributed by atoms with Crippen LogP contribution in [0.5, 0.6) is 0 Å². The molecule has 0 radical (unpaired) electrons. The molecular formula is C53H78Cl2N10O8. The Balaban J connectivity index is 0.00000703. The number of ketones is 2. The van der Waals surface area contributed by atoms with E-state index in [2.05, 4.69) is 42.1 Å². The average Bonchev–Trinajstić information content (AvgIpc) is 4.11. The normalized spacial score (nSPS) is 20.2. The first-order chi connectivity index (χ1) is 33.3. The lowest BCUT2D eigenvalue weighted by Gasteiger charge is -2.36. The predicted octanol–water partition coefficient (Wildman–Crippen LogP) is 4.87.